The quantitative estimate of drug-likeness (QED) is 0.482. The number of aryl methyl sites for hydroxylation is 1. The van der Waals surface area contributed by atoms with Gasteiger partial charge in [0.25, 0.3) is 0 Å². The first-order valence-corrected chi connectivity index (χ1v) is 6.79. The van der Waals surface area contributed by atoms with Crippen LogP contribution in [0, 0.1) is 0 Å². The minimum Gasteiger partial charge on any atom is -0.460 e. The smallest absolute Gasteiger partial charge is 0.333 e. The Hall–Kier alpha value is -1.77. The molecule has 1 N–H and O–H groups in total. The maximum absolute atomic E-state index is 11.1. The van der Waals surface area contributed by atoms with Crippen LogP contribution in [0.1, 0.15) is 33.3 Å². The van der Waals surface area contributed by atoms with E-state index in [9.17, 15) is 4.79 Å². The average Bonchev–Trinajstić information content (AvgIpc) is 2.46. The summed E-state index contributed by atoms with van der Waals surface area (Å²) in [6.45, 7) is 12.2. The molecule has 0 atom stereocenters. The fraction of sp³-hybridized carbons (Fsp3) is 0.438. The van der Waals surface area contributed by atoms with E-state index in [4.69, 9.17) is 4.74 Å². The van der Waals surface area contributed by atoms with Crippen LogP contribution in [0.25, 0.3) is 0 Å². The van der Waals surface area contributed by atoms with E-state index >= 15 is 0 Å². The van der Waals surface area contributed by atoms with E-state index in [1.54, 1.807) is 6.92 Å². The minimum atomic E-state index is -0.340. The second-order valence-electron chi connectivity index (χ2n) is 3.89. The minimum absolute atomic E-state index is 0.340. The number of esters is 1. The third-order valence-corrected chi connectivity index (χ3v) is 2.37. The number of benzene rings is 1. The molecule has 0 spiro atoms. The first-order chi connectivity index (χ1) is 9.13. The van der Waals surface area contributed by atoms with Crippen molar-refractivity contribution in [2.24, 2.45) is 0 Å². The van der Waals surface area contributed by atoms with E-state index in [-0.39, 0.29) is 5.97 Å². The Morgan fingerprint density at radius 1 is 1.26 bits per heavy atom. The third kappa shape index (κ3) is 7.29. The molecule has 0 heterocycles. The summed E-state index contributed by atoms with van der Waals surface area (Å²) in [5.74, 6) is -0.340. The normalized spacial score (nSPS) is 9.05. The molecule has 0 aliphatic rings. The predicted molar refractivity (Wildman–Crippen MR) is 81.4 cm³/mol. The molecule has 0 saturated carbocycles. The molecular weight excluding hydrogens is 238 g/mol. The van der Waals surface area contributed by atoms with Crippen molar-refractivity contribution in [3.63, 3.8) is 0 Å². The number of carbonyl (C=O) groups is 1. The summed E-state index contributed by atoms with van der Waals surface area (Å²) in [6.07, 6.45) is 1.04. The Bertz CT molecular complexity index is 382. The second kappa shape index (κ2) is 10.2. The topological polar surface area (TPSA) is 38.3 Å². The number of rotatable bonds is 6. The van der Waals surface area contributed by atoms with Gasteiger partial charge in [0.05, 0.1) is 0 Å². The standard InChI is InChI=1S/C14H19NO2.C2H6/c1-4-12-5-7-13(8-6-12)15-9-10-17-14(16)11(2)3;1-2/h5-8,15H,2,4,9-10H2,1,3H3;1-2H3. The van der Waals surface area contributed by atoms with Gasteiger partial charge in [-0.15, -0.1) is 0 Å². The van der Waals surface area contributed by atoms with E-state index in [0.29, 0.717) is 18.7 Å². The molecule has 0 aliphatic carbocycles. The van der Waals surface area contributed by atoms with E-state index in [1.165, 1.54) is 5.56 Å². The molecule has 0 aromatic heterocycles. The number of anilines is 1. The van der Waals surface area contributed by atoms with Crippen molar-refractivity contribution < 1.29 is 9.53 Å². The van der Waals surface area contributed by atoms with Gasteiger partial charge in [-0.2, -0.15) is 0 Å². The molecule has 0 unspecified atom stereocenters. The van der Waals surface area contributed by atoms with Gasteiger partial charge in [-0.25, -0.2) is 4.79 Å². The van der Waals surface area contributed by atoms with Gasteiger partial charge in [0.15, 0.2) is 0 Å². The molecule has 19 heavy (non-hydrogen) atoms. The summed E-state index contributed by atoms with van der Waals surface area (Å²) in [6, 6.07) is 8.23. The predicted octanol–water partition coefficient (Wildman–Crippen LogP) is 3.81. The lowest BCUT2D eigenvalue weighted by Gasteiger charge is -2.08. The zero-order valence-electron chi connectivity index (χ0n) is 12.5. The van der Waals surface area contributed by atoms with Crippen LogP contribution in [0.15, 0.2) is 36.4 Å². The highest BCUT2D eigenvalue weighted by Crippen LogP contribution is 2.09. The van der Waals surface area contributed by atoms with Crippen LogP contribution in [0.4, 0.5) is 5.69 Å². The van der Waals surface area contributed by atoms with Crippen molar-refractivity contribution in [3.8, 4) is 0 Å². The fourth-order valence-corrected chi connectivity index (χ4v) is 1.32. The highest BCUT2D eigenvalue weighted by molar-refractivity contribution is 5.86. The molecule has 0 bridgehead atoms. The van der Waals surface area contributed by atoms with E-state index < -0.39 is 0 Å². The summed E-state index contributed by atoms with van der Waals surface area (Å²) in [4.78, 5) is 11.1. The molecule has 106 valence electrons. The van der Waals surface area contributed by atoms with Crippen molar-refractivity contribution in [3.05, 3.63) is 42.0 Å². The van der Waals surface area contributed by atoms with Crippen LogP contribution < -0.4 is 5.32 Å². The number of hydrogen-bond donors (Lipinski definition) is 1. The summed E-state index contributed by atoms with van der Waals surface area (Å²) in [5, 5.41) is 3.18. The van der Waals surface area contributed by atoms with E-state index in [0.717, 1.165) is 12.1 Å². The largest absolute Gasteiger partial charge is 0.460 e. The Labute approximate surface area is 116 Å². The Balaban J connectivity index is 0.00000154. The van der Waals surface area contributed by atoms with Crippen LogP contribution in [0.2, 0.25) is 0 Å². The first kappa shape index (κ1) is 17.2. The van der Waals surface area contributed by atoms with E-state index in [1.807, 2.05) is 26.0 Å². The lowest BCUT2D eigenvalue weighted by atomic mass is 10.1. The molecule has 0 aliphatic heterocycles. The summed E-state index contributed by atoms with van der Waals surface area (Å²) < 4.78 is 4.97. The SMILES string of the molecule is C=C(C)C(=O)OCCNc1ccc(CC)cc1.CC. The lowest BCUT2D eigenvalue weighted by molar-refractivity contribution is -0.138. The zero-order chi connectivity index (χ0) is 14.7. The van der Waals surface area contributed by atoms with Crippen molar-refractivity contribution >= 4 is 11.7 Å². The monoisotopic (exact) mass is 263 g/mol. The van der Waals surface area contributed by atoms with E-state index in [2.05, 4.69) is 31.0 Å². The summed E-state index contributed by atoms with van der Waals surface area (Å²) in [7, 11) is 0. The van der Waals surface area contributed by atoms with Crippen LogP contribution in [-0.2, 0) is 16.0 Å². The molecule has 0 radical (unpaired) electrons. The molecular formula is C16H25NO2. The van der Waals surface area contributed by atoms with Gasteiger partial charge >= 0.3 is 5.97 Å². The second-order valence-corrected chi connectivity index (χ2v) is 3.89. The molecule has 3 heteroatoms. The maximum Gasteiger partial charge on any atom is 0.333 e. The maximum atomic E-state index is 11.1. The Morgan fingerprint density at radius 3 is 2.32 bits per heavy atom. The van der Waals surface area contributed by atoms with Gasteiger partial charge in [-0.05, 0) is 31.0 Å². The van der Waals surface area contributed by atoms with Crippen molar-refractivity contribution in [2.45, 2.75) is 34.1 Å². The molecule has 0 saturated heterocycles. The summed E-state index contributed by atoms with van der Waals surface area (Å²) in [5.41, 5.74) is 2.77. The molecule has 0 amide bonds. The Morgan fingerprint density at radius 2 is 1.84 bits per heavy atom. The third-order valence-electron chi connectivity index (χ3n) is 2.37. The van der Waals surface area contributed by atoms with Crippen LogP contribution >= 0.6 is 0 Å². The van der Waals surface area contributed by atoms with Crippen molar-refractivity contribution in [1.29, 1.82) is 0 Å². The van der Waals surface area contributed by atoms with Gasteiger partial charge in [-0.1, -0.05) is 39.5 Å². The molecule has 1 rings (SSSR count). The first-order valence-electron chi connectivity index (χ1n) is 6.79. The van der Waals surface area contributed by atoms with Crippen LogP contribution in [0.3, 0.4) is 0 Å². The fourth-order valence-electron chi connectivity index (χ4n) is 1.32. The lowest BCUT2D eigenvalue weighted by Crippen LogP contribution is -2.13. The molecule has 1 aromatic rings. The average molecular weight is 263 g/mol. The van der Waals surface area contributed by atoms with Gasteiger partial charge in [0.1, 0.15) is 6.61 Å². The highest BCUT2D eigenvalue weighted by atomic mass is 16.5. The van der Waals surface area contributed by atoms with Gasteiger partial charge in [0.2, 0.25) is 0 Å². The van der Waals surface area contributed by atoms with Gasteiger partial charge < -0.3 is 10.1 Å². The summed E-state index contributed by atoms with van der Waals surface area (Å²) >= 11 is 0. The highest BCUT2D eigenvalue weighted by Gasteiger charge is 2.01. The molecule has 0 fully saturated rings. The molecule has 1 aromatic carbocycles. The van der Waals surface area contributed by atoms with Crippen molar-refractivity contribution in [2.75, 3.05) is 18.5 Å². The van der Waals surface area contributed by atoms with Crippen LogP contribution in [-0.4, -0.2) is 19.1 Å². The van der Waals surface area contributed by atoms with Gasteiger partial charge in [0, 0.05) is 17.8 Å². The Kier molecular flexibility index (Phi) is 9.23. The van der Waals surface area contributed by atoms with Crippen LogP contribution in [0.5, 0.6) is 0 Å². The van der Waals surface area contributed by atoms with Crippen molar-refractivity contribution in [1.82, 2.24) is 0 Å². The number of ether oxygens (including phenoxy) is 1. The van der Waals surface area contributed by atoms with Gasteiger partial charge in [-0.3, -0.25) is 0 Å². The number of carbonyl (C=O) groups excluding carboxylic acids is 1. The number of nitrogens with one attached hydrogen (secondary N) is 1. The zero-order valence-corrected chi connectivity index (χ0v) is 12.5. The number of hydrogen-bond acceptors (Lipinski definition) is 3. The molecule has 3 nitrogen and oxygen atoms in total.